The van der Waals surface area contributed by atoms with Crippen molar-refractivity contribution in [2.45, 2.75) is 18.2 Å². The number of hydrogen-bond donors (Lipinski definition) is 2. The van der Waals surface area contributed by atoms with Gasteiger partial charge in [0.2, 0.25) is 11.8 Å². The highest BCUT2D eigenvalue weighted by molar-refractivity contribution is 8.00. The summed E-state index contributed by atoms with van der Waals surface area (Å²) in [6.07, 6.45) is 0.457. The highest BCUT2D eigenvalue weighted by Gasteiger charge is 2.09. The van der Waals surface area contributed by atoms with E-state index >= 15 is 0 Å². The summed E-state index contributed by atoms with van der Waals surface area (Å²) >= 11 is 2.80. The fourth-order valence-corrected chi connectivity index (χ4v) is 3.72. The molecule has 7 heteroatoms. The number of rotatable bonds is 9. The van der Waals surface area contributed by atoms with Crippen LogP contribution in [0.25, 0.3) is 0 Å². The molecule has 0 unspecified atom stereocenters. The van der Waals surface area contributed by atoms with Crippen LogP contribution in [0.5, 0.6) is 0 Å². The van der Waals surface area contributed by atoms with E-state index in [1.165, 1.54) is 23.5 Å². The predicted molar refractivity (Wildman–Crippen MR) is 113 cm³/mol. The van der Waals surface area contributed by atoms with E-state index in [-0.39, 0.29) is 23.3 Å². The van der Waals surface area contributed by atoms with Gasteiger partial charge in [-0.1, -0.05) is 24.3 Å². The Labute approximate surface area is 167 Å². The van der Waals surface area contributed by atoms with Gasteiger partial charge in [-0.3, -0.25) is 9.59 Å². The standard InChI is InChI=1S/C20H21N3O2S2/c1-15-6-4-7-16(12-15)22-19(24)13-26-14-20(25)23-17-8-2-3-9-18(17)27-11-5-10-21/h2-4,6-9,12H,5,11,13-14H2,1H3,(H,22,24)(H,23,25). The maximum Gasteiger partial charge on any atom is 0.234 e. The summed E-state index contributed by atoms with van der Waals surface area (Å²) in [6.45, 7) is 1.96. The highest BCUT2D eigenvalue weighted by Crippen LogP contribution is 2.27. The molecule has 0 bridgehead atoms. The van der Waals surface area contributed by atoms with Crippen molar-refractivity contribution in [3.05, 3.63) is 54.1 Å². The number of carbonyl (C=O) groups excluding carboxylic acids is 2. The number of amides is 2. The second kappa shape index (κ2) is 11.3. The SMILES string of the molecule is Cc1cccc(NC(=O)CSCC(=O)Nc2ccccc2SCCC#N)c1. The molecule has 0 atom stereocenters. The van der Waals surface area contributed by atoms with Crippen LogP contribution in [0, 0.1) is 18.3 Å². The largest absolute Gasteiger partial charge is 0.325 e. The van der Waals surface area contributed by atoms with Crippen molar-refractivity contribution in [2.24, 2.45) is 0 Å². The average Bonchev–Trinajstić information content (AvgIpc) is 2.63. The molecular weight excluding hydrogens is 378 g/mol. The fraction of sp³-hybridized carbons (Fsp3) is 0.250. The van der Waals surface area contributed by atoms with Gasteiger partial charge in [0.15, 0.2) is 0 Å². The van der Waals surface area contributed by atoms with E-state index in [9.17, 15) is 9.59 Å². The van der Waals surface area contributed by atoms with Crippen molar-refractivity contribution in [3.63, 3.8) is 0 Å². The summed E-state index contributed by atoms with van der Waals surface area (Å²) in [5.74, 6) is 0.790. The number of nitriles is 1. The Morgan fingerprint density at radius 1 is 1.04 bits per heavy atom. The van der Waals surface area contributed by atoms with Crippen molar-refractivity contribution in [1.82, 2.24) is 0 Å². The lowest BCUT2D eigenvalue weighted by Crippen LogP contribution is -2.18. The minimum atomic E-state index is -0.156. The number of nitrogens with one attached hydrogen (secondary N) is 2. The molecule has 2 rings (SSSR count). The number of benzene rings is 2. The first-order valence-electron chi connectivity index (χ1n) is 8.41. The van der Waals surface area contributed by atoms with Gasteiger partial charge in [0, 0.05) is 22.8 Å². The Balaban J connectivity index is 1.76. The monoisotopic (exact) mass is 399 g/mol. The van der Waals surface area contributed by atoms with E-state index in [1.54, 1.807) is 0 Å². The topological polar surface area (TPSA) is 82.0 Å². The van der Waals surface area contributed by atoms with Gasteiger partial charge >= 0.3 is 0 Å². The summed E-state index contributed by atoms with van der Waals surface area (Å²) in [5.41, 5.74) is 2.56. The summed E-state index contributed by atoms with van der Waals surface area (Å²) in [5, 5.41) is 14.3. The zero-order chi connectivity index (χ0) is 19.5. The van der Waals surface area contributed by atoms with Gasteiger partial charge < -0.3 is 10.6 Å². The summed E-state index contributed by atoms with van der Waals surface area (Å²) < 4.78 is 0. The molecular formula is C20H21N3O2S2. The first kappa shape index (κ1) is 20.9. The number of anilines is 2. The van der Waals surface area contributed by atoms with Crippen LogP contribution in [0.1, 0.15) is 12.0 Å². The third-order valence-electron chi connectivity index (χ3n) is 3.40. The molecule has 27 heavy (non-hydrogen) atoms. The minimum Gasteiger partial charge on any atom is -0.325 e. The van der Waals surface area contributed by atoms with Crippen LogP contribution >= 0.6 is 23.5 Å². The predicted octanol–water partition coefficient (Wildman–Crippen LogP) is 4.31. The molecule has 0 saturated heterocycles. The minimum absolute atomic E-state index is 0.133. The van der Waals surface area contributed by atoms with E-state index in [0.29, 0.717) is 12.2 Å². The van der Waals surface area contributed by atoms with Gasteiger partial charge in [0.25, 0.3) is 0 Å². The van der Waals surface area contributed by atoms with Crippen LogP contribution in [0.2, 0.25) is 0 Å². The van der Waals surface area contributed by atoms with E-state index in [2.05, 4.69) is 16.7 Å². The molecule has 2 aromatic rings. The van der Waals surface area contributed by atoms with Crippen molar-refractivity contribution in [1.29, 1.82) is 5.26 Å². The van der Waals surface area contributed by atoms with Crippen LogP contribution in [-0.4, -0.2) is 29.1 Å². The van der Waals surface area contributed by atoms with E-state index in [0.717, 1.165) is 21.8 Å². The number of para-hydroxylation sites is 1. The molecule has 0 spiro atoms. The van der Waals surface area contributed by atoms with Gasteiger partial charge in [0.1, 0.15) is 0 Å². The Morgan fingerprint density at radius 2 is 1.78 bits per heavy atom. The van der Waals surface area contributed by atoms with E-state index < -0.39 is 0 Å². The second-order valence-electron chi connectivity index (χ2n) is 5.71. The quantitative estimate of drug-likeness (QED) is 0.485. The molecule has 140 valence electrons. The maximum absolute atomic E-state index is 12.2. The third-order valence-corrected chi connectivity index (χ3v) is 5.41. The molecule has 0 radical (unpaired) electrons. The molecule has 0 aliphatic carbocycles. The number of thioether (sulfide) groups is 2. The van der Waals surface area contributed by atoms with Crippen LogP contribution in [0.15, 0.2) is 53.4 Å². The van der Waals surface area contributed by atoms with Crippen molar-refractivity contribution in [3.8, 4) is 6.07 Å². The molecule has 0 saturated carbocycles. The molecule has 0 aromatic heterocycles. The normalized spacial score (nSPS) is 10.1. The second-order valence-corrected chi connectivity index (χ2v) is 7.83. The van der Waals surface area contributed by atoms with Gasteiger partial charge in [-0.2, -0.15) is 5.26 Å². The maximum atomic E-state index is 12.2. The summed E-state index contributed by atoms with van der Waals surface area (Å²) in [4.78, 5) is 25.1. The molecule has 0 aliphatic rings. The van der Waals surface area contributed by atoms with Crippen LogP contribution in [-0.2, 0) is 9.59 Å². The zero-order valence-corrected chi connectivity index (χ0v) is 16.7. The van der Waals surface area contributed by atoms with Crippen molar-refractivity contribution >= 4 is 46.7 Å². The molecule has 2 N–H and O–H groups in total. The lowest BCUT2D eigenvalue weighted by Gasteiger charge is -2.10. The number of aryl methyl sites for hydroxylation is 1. The van der Waals surface area contributed by atoms with Gasteiger partial charge in [-0.15, -0.1) is 23.5 Å². The van der Waals surface area contributed by atoms with E-state index in [4.69, 9.17) is 5.26 Å². The summed E-state index contributed by atoms with van der Waals surface area (Å²) in [7, 11) is 0. The molecule has 2 amide bonds. The van der Waals surface area contributed by atoms with E-state index in [1.807, 2.05) is 55.5 Å². The molecule has 0 fully saturated rings. The smallest absolute Gasteiger partial charge is 0.234 e. The Kier molecular flexibility index (Phi) is 8.75. The highest BCUT2D eigenvalue weighted by atomic mass is 32.2. The molecule has 0 heterocycles. The van der Waals surface area contributed by atoms with Crippen LogP contribution in [0.3, 0.4) is 0 Å². The Bertz CT molecular complexity index is 834. The summed E-state index contributed by atoms with van der Waals surface area (Å²) in [6, 6.07) is 17.2. The average molecular weight is 400 g/mol. The first-order chi connectivity index (χ1) is 13.1. The van der Waals surface area contributed by atoms with Crippen molar-refractivity contribution in [2.75, 3.05) is 27.9 Å². The number of carbonyl (C=O) groups is 2. The molecule has 5 nitrogen and oxygen atoms in total. The van der Waals surface area contributed by atoms with Crippen molar-refractivity contribution < 1.29 is 9.59 Å². The Hall–Kier alpha value is -2.43. The third kappa shape index (κ3) is 7.77. The lowest BCUT2D eigenvalue weighted by molar-refractivity contribution is -0.114. The first-order valence-corrected chi connectivity index (χ1v) is 10.6. The number of hydrogen-bond acceptors (Lipinski definition) is 5. The zero-order valence-electron chi connectivity index (χ0n) is 15.0. The molecule has 0 aliphatic heterocycles. The Morgan fingerprint density at radius 3 is 2.52 bits per heavy atom. The van der Waals surface area contributed by atoms with Gasteiger partial charge in [-0.25, -0.2) is 0 Å². The lowest BCUT2D eigenvalue weighted by atomic mass is 10.2. The van der Waals surface area contributed by atoms with Gasteiger partial charge in [-0.05, 0) is 36.8 Å². The fourth-order valence-electron chi connectivity index (χ4n) is 2.25. The molecule has 2 aromatic carbocycles. The van der Waals surface area contributed by atoms with Gasteiger partial charge in [0.05, 0.1) is 23.3 Å². The van der Waals surface area contributed by atoms with Crippen LogP contribution < -0.4 is 10.6 Å². The van der Waals surface area contributed by atoms with Crippen LogP contribution in [0.4, 0.5) is 11.4 Å². The number of nitrogens with zero attached hydrogens (tertiary/aromatic N) is 1.